The van der Waals surface area contributed by atoms with E-state index < -0.39 is 0 Å². The number of hydrogen-bond acceptors (Lipinski definition) is 2. The van der Waals surface area contributed by atoms with E-state index in [0.29, 0.717) is 18.5 Å². The number of likely N-dealkylation sites (tertiary alicyclic amines) is 1. The minimum Gasteiger partial charge on any atom is -0.335 e. The molecule has 4 heteroatoms. The van der Waals surface area contributed by atoms with Gasteiger partial charge in [-0.1, -0.05) is 48.9 Å². The average molecular weight is 313 g/mol. The van der Waals surface area contributed by atoms with Crippen molar-refractivity contribution in [2.45, 2.75) is 25.3 Å². The molecule has 23 heavy (non-hydrogen) atoms. The SMILES string of the molecule is CN1C[C@@H]2CCC[C@H]1CN(C(=O)NCC=Cc1ccccc1)C2. The lowest BCUT2D eigenvalue weighted by Gasteiger charge is -2.29. The number of amides is 2. The molecule has 2 atom stereocenters. The van der Waals surface area contributed by atoms with E-state index in [9.17, 15) is 4.79 Å². The van der Waals surface area contributed by atoms with Crippen molar-refractivity contribution in [2.24, 2.45) is 5.92 Å². The van der Waals surface area contributed by atoms with Crippen molar-refractivity contribution < 1.29 is 4.79 Å². The molecule has 0 saturated carbocycles. The second-order valence-electron chi connectivity index (χ2n) is 6.79. The third kappa shape index (κ3) is 4.35. The number of carbonyl (C=O) groups excluding carboxylic acids is 1. The van der Waals surface area contributed by atoms with Crippen LogP contribution < -0.4 is 5.32 Å². The molecule has 2 saturated heterocycles. The Balaban J connectivity index is 1.51. The zero-order chi connectivity index (χ0) is 16.1. The Kier molecular flexibility index (Phi) is 5.34. The fourth-order valence-electron chi connectivity index (χ4n) is 3.71. The third-order valence-electron chi connectivity index (χ3n) is 5.00. The van der Waals surface area contributed by atoms with Gasteiger partial charge < -0.3 is 15.1 Å². The van der Waals surface area contributed by atoms with E-state index in [4.69, 9.17) is 0 Å². The number of rotatable bonds is 3. The molecule has 1 aromatic rings. The average Bonchev–Trinajstić information content (AvgIpc) is 2.81. The molecule has 1 N–H and O–H groups in total. The van der Waals surface area contributed by atoms with Crippen LogP contribution in [0.5, 0.6) is 0 Å². The molecule has 124 valence electrons. The monoisotopic (exact) mass is 313 g/mol. The van der Waals surface area contributed by atoms with Gasteiger partial charge >= 0.3 is 6.03 Å². The molecule has 2 bridgehead atoms. The van der Waals surface area contributed by atoms with E-state index >= 15 is 0 Å². The summed E-state index contributed by atoms with van der Waals surface area (Å²) in [7, 11) is 2.20. The van der Waals surface area contributed by atoms with Gasteiger partial charge in [0.2, 0.25) is 0 Å². The largest absolute Gasteiger partial charge is 0.335 e. The molecular weight excluding hydrogens is 286 g/mol. The van der Waals surface area contributed by atoms with Gasteiger partial charge in [0.15, 0.2) is 0 Å². The summed E-state index contributed by atoms with van der Waals surface area (Å²) in [4.78, 5) is 16.9. The van der Waals surface area contributed by atoms with Crippen molar-refractivity contribution >= 4 is 12.1 Å². The van der Waals surface area contributed by atoms with Crippen LogP contribution in [0.2, 0.25) is 0 Å². The van der Waals surface area contributed by atoms with Gasteiger partial charge in [-0.05, 0) is 31.4 Å². The molecule has 1 aromatic carbocycles. The van der Waals surface area contributed by atoms with Gasteiger partial charge in [0.1, 0.15) is 0 Å². The molecule has 2 aliphatic rings. The molecule has 0 unspecified atom stereocenters. The number of fused-ring (bicyclic) bond motifs is 3. The van der Waals surface area contributed by atoms with Gasteiger partial charge in [0, 0.05) is 32.2 Å². The van der Waals surface area contributed by atoms with E-state index in [2.05, 4.69) is 29.4 Å². The first-order valence-electron chi connectivity index (χ1n) is 8.67. The predicted molar refractivity (Wildman–Crippen MR) is 94.2 cm³/mol. The topological polar surface area (TPSA) is 35.6 Å². The second-order valence-corrected chi connectivity index (χ2v) is 6.79. The Morgan fingerprint density at radius 2 is 2.04 bits per heavy atom. The summed E-state index contributed by atoms with van der Waals surface area (Å²) in [5, 5.41) is 3.04. The lowest BCUT2D eigenvalue weighted by atomic mass is 10.00. The van der Waals surface area contributed by atoms with Crippen molar-refractivity contribution in [1.29, 1.82) is 0 Å². The van der Waals surface area contributed by atoms with Crippen molar-refractivity contribution in [3.8, 4) is 0 Å². The normalized spacial score (nSPS) is 25.3. The third-order valence-corrected chi connectivity index (χ3v) is 5.00. The van der Waals surface area contributed by atoms with Gasteiger partial charge in [-0.25, -0.2) is 4.79 Å². The molecule has 0 radical (unpaired) electrons. The fourth-order valence-corrected chi connectivity index (χ4v) is 3.71. The Morgan fingerprint density at radius 3 is 2.87 bits per heavy atom. The van der Waals surface area contributed by atoms with E-state index in [1.165, 1.54) is 19.3 Å². The highest BCUT2D eigenvalue weighted by Crippen LogP contribution is 2.25. The zero-order valence-corrected chi connectivity index (χ0v) is 13.9. The quantitative estimate of drug-likeness (QED) is 0.931. The molecule has 0 aromatic heterocycles. The van der Waals surface area contributed by atoms with Crippen LogP contribution >= 0.6 is 0 Å². The number of urea groups is 1. The molecule has 0 spiro atoms. The van der Waals surface area contributed by atoms with Crippen LogP contribution in [0, 0.1) is 5.92 Å². The van der Waals surface area contributed by atoms with Crippen LogP contribution in [-0.2, 0) is 0 Å². The maximum absolute atomic E-state index is 12.5. The Morgan fingerprint density at radius 1 is 1.22 bits per heavy atom. The van der Waals surface area contributed by atoms with Crippen LogP contribution in [0.15, 0.2) is 36.4 Å². The van der Waals surface area contributed by atoms with Crippen LogP contribution in [0.3, 0.4) is 0 Å². The molecule has 3 rings (SSSR count). The molecule has 2 amide bonds. The first-order chi connectivity index (χ1) is 11.2. The summed E-state index contributed by atoms with van der Waals surface area (Å²) in [6, 6.07) is 10.8. The van der Waals surface area contributed by atoms with Gasteiger partial charge in [-0.2, -0.15) is 0 Å². The van der Waals surface area contributed by atoms with Crippen LogP contribution in [-0.4, -0.2) is 55.1 Å². The lowest BCUT2D eigenvalue weighted by Crippen LogP contribution is -2.46. The summed E-state index contributed by atoms with van der Waals surface area (Å²) < 4.78 is 0. The first-order valence-corrected chi connectivity index (χ1v) is 8.67. The smallest absolute Gasteiger partial charge is 0.317 e. The Labute approximate surface area is 139 Å². The molecule has 0 aliphatic carbocycles. The summed E-state index contributed by atoms with van der Waals surface area (Å²) in [6.45, 7) is 3.47. The predicted octanol–water partition coefficient (Wildman–Crippen LogP) is 2.83. The summed E-state index contributed by atoms with van der Waals surface area (Å²) >= 11 is 0. The maximum Gasteiger partial charge on any atom is 0.317 e. The van der Waals surface area contributed by atoms with E-state index in [-0.39, 0.29) is 6.03 Å². The maximum atomic E-state index is 12.5. The second kappa shape index (κ2) is 7.64. The van der Waals surface area contributed by atoms with Crippen LogP contribution in [0.25, 0.3) is 6.08 Å². The molecular formula is C19H27N3O. The number of benzene rings is 1. The minimum absolute atomic E-state index is 0.0786. The van der Waals surface area contributed by atoms with Crippen molar-refractivity contribution in [3.63, 3.8) is 0 Å². The lowest BCUT2D eigenvalue weighted by molar-refractivity contribution is 0.177. The van der Waals surface area contributed by atoms with E-state index in [1.807, 2.05) is 35.3 Å². The minimum atomic E-state index is 0.0786. The van der Waals surface area contributed by atoms with Gasteiger partial charge in [-0.15, -0.1) is 0 Å². The number of nitrogens with zero attached hydrogens (tertiary/aromatic N) is 2. The number of carbonyl (C=O) groups is 1. The Hall–Kier alpha value is -1.81. The van der Waals surface area contributed by atoms with Crippen molar-refractivity contribution in [1.82, 2.24) is 15.1 Å². The van der Waals surface area contributed by atoms with E-state index in [0.717, 1.165) is 25.2 Å². The van der Waals surface area contributed by atoms with Gasteiger partial charge in [0.05, 0.1) is 0 Å². The fraction of sp³-hybridized carbons (Fsp3) is 0.526. The number of likely N-dealkylation sites (N-methyl/N-ethyl adjacent to an activating group) is 1. The standard InChI is InChI=1S/C19H27N3O/c1-21-13-17-9-5-11-18(21)15-22(14-17)19(23)20-12-6-10-16-7-3-2-4-8-16/h2-4,6-8,10,17-18H,5,9,11-15H2,1H3,(H,20,23)/t17-,18-/m0/s1. The van der Waals surface area contributed by atoms with E-state index in [1.54, 1.807) is 0 Å². The molecule has 2 heterocycles. The first kappa shape index (κ1) is 16.1. The summed E-state index contributed by atoms with van der Waals surface area (Å²) in [6.07, 6.45) is 7.82. The van der Waals surface area contributed by atoms with Gasteiger partial charge in [-0.3, -0.25) is 0 Å². The van der Waals surface area contributed by atoms with Crippen LogP contribution in [0.4, 0.5) is 4.79 Å². The molecule has 2 fully saturated rings. The number of hydrogen-bond donors (Lipinski definition) is 1. The van der Waals surface area contributed by atoms with Crippen molar-refractivity contribution in [3.05, 3.63) is 42.0 Å². The summed E-state index contributed by atoms with van der Waals surface area (Å²) in [5.74, 6) is 0.623. The molecule has 4 nitrogen and oxygen atoms in total. The highest BCUT2D eigenvalue weighted by molar-refractivity contribution is 5.74. The van der Waals surface area contributed by atoms with Crippen LogP contribution in [0.1, 0.15) is 24.8 Å². The van der Waals surface area contributed by atoms with Crippen molar-refractivity contribution in [2.75, 3.05) is 33.2 Å². The van der Waals surface area contributed by atoms with Gasteiger partial charge in [0.25, 0.3) is 0 Å². The zero-order valence-electron chi connectivity index (χ0n) is 13.9. The molecule has 2 aliphatic heterocycles. The highest BCUT2D eigenvalue weighted by atomic mass is 16.2. The highest BCUT2D eigenvalue weighted by Gasteiger charge is 2.32. The summed E-state index contributed by atoms with van der Waals surface area (Å²) in [5.41, 5.74) is 1.16. The number of nitrogens with one attached hydrogen (secondary N) is 1. The Bertz CT molecular complexity index is 543.